The molecule has 0 radical (unpaired) electrons. The first-order valence-electron chi connectivity index (χ1n) is 4.77. The number of hydrogen-bond acceptors (Lipinski definition) is 3. The first-order chi connectivity index (χ1) is 6.81. The molecule has 0 aromatic carbocycles. The highest BCUT2D eigenvalue weighted by Crippen LogP contribution is 2.27. The summed E-state index contributed by atoms with van der Waals surface area (Å²) in [6.07, 6.45) is 2.76. The minimum atomic E-state index is 0.251. The van der Waals surface area contributed by atoms with Gasteiger partial charge in [0.15, 0.2) is 0 Å². The van der Waals surface area contributed by atoms with E-state index in [1.165, 1.54) is 0 Å². The molecular weight excluding hydrogens is 200 g/mol. The van der Waals surface area contributed by atoms with E-state index in [9.17, 15) is 0 Å². The predicted molar refractivity (Wildman–Crippen MR) is 56.7 cm³/mol. The van der Waals surface area contributed by atoms with Crippen molar-refractivity contribution in [3.8, 4) is 0 Å². The highest BCUT2D eigenvalue weighted by atomic mass is 35.5. The molecule has 76 valence electrons. The average Bonchev–Trinajstić information content (AvgIpc) is 2.67. The van der Waals surface area contributed by atoms with Crippen molar-refractivity contribution in [2.75, 3.05) is 24.6 Å². The third-order valence-electron chi connectivity index (χ3n) is 2.58. The van der Waals surface area contributed by atoms with Crippen molar-refractivity contribution >= 4 is 17.4 Å². The molecule has 2 rings (SSSR count). The monoisotopic (exact) mass is 212 g/mol. The second-order valence-corrected chi connectivity index (χ2v) is 4.00. The minimum absolute atomic E-state index is 0.251. The molecule has 1 atom stereocenters. The predicted octanol–water partition coefficient (Wildman–Crippen LogP) is 1.55. The Hall–Kier alpha value is -0.800. The lowest BCUT2D eigenvalue weighted by Gasteiger charge is -2.17. The van der Waals surface area contributed by atoms with Gasteiger partial charge in [-0.1, -0.05) is 11.6 Å². The van der Waals surface area contributed by atoms with Crippen LogP contribution in [0, 0.1) is 5.92 Å². The number of pyridine rings is 1. The van der Waals surface area contributed by atoms with Crippen LogP contribution in [0.4, 0.5) is 5.82 Å². The molecule has 0 amide bonds. The summed E-state index contributed by atoms with van der Waals surface area (Å²) >= 11 is 6.03. The number of halogens is 1. The fraction of sp³-hybridized carbons (Fsp3) is 0.500. The van der Waals surface area contributed by atoms with Gasteiger partial charge in [0.25, 0.3) is 0 Å². The highest BCUT2D eigenvalue weighted by Gasteiger charge is 2.23. The quantitative estimate of drug-likeness (QED) is 0.808. The molecule has 0 bridgehead atoms. The van der Waals surface area contributed by atoms with Crippen LogP contribution < -0.4 is 4.90 Å². The molecule has 1 N–H and O–H groups in total. The van der Waals surface area contributed by atoms with Gasteiger partial charge in [0.2, 0.25) is 0 Å². The molecule has 0 saturated carbocycles. The molecule has 1 aliphatic rings. The maximum Gasteiger partial charge on any atom is 0.147 e. The highest BCUT2D eigenvalue weighted by molar-refractivity contribution is 6.32. The maximum absolute atomic E-state index is 9.02. The Bertz CT molecular complexity index is 319. The third kappa shape index (κ3) is 1.83. The van der Waals surface area contributed by atoms with E-state index in [0.717, 1.165) is 25.3 Å². The zero-order chi connectivity index (χ0) is 9.97. The fourth-order valence-corrected chi connectivity index (χ4v) is 2.03. The lowest BCUT2D eigenvalue weighted by Crippen LogP contribution is -2.21. The van der Waals surface area contributed by atoms with E-state index >= 15 is 0 Å². The van der Waals surface area contributed by atoms with Gasteiger partial charge in [-0.2, -0.15) is 0 Å². The van der Waals surface area contributed by atoms with Crippen LogP contribution in [0.2, 0.25) is 5.02 Å². The normalized spacial score (nSPS) is 21.6. The van der Waals surface area contributed by atoms with Crippen LogP contribution in [0.25, 0.3) is 0 Å². The van der Waals surface area contributed by atoms with Crippen LogP contribution in [0.3, 0.4) is 0 Å². The van der Waals surface area contributed by atoms with Crippen molar-refractivity contribution in [1.82, 2.24) is 4.98 Å². The molecule has 0 spiro atoms. The number of rotatable bonds is 2. The van der Waals surface area contributed by atoms with Crippen molar-refractivity contribution < 1.29 is 5.11 Å². The number of hydrogen-bond donors (Lipinski definition) is 1. The Kier molecular flexibility index (Phi) is 2.89. The summed E-state index contributed by atoms with van der Waals surface area (Å²) < 4.78 is 0. The first kappa shape index (κ1) is 9.74. The number of aliphatic hydroxyl groups is 1. The fourth-order valence-electron chi connectivity index (χ4n) is 1.78. The summed E-state index contributed by atoms with van der Waals surface area (Å²) in [6, 6.07) is 3.67. The number of aromatic nitrogens is 1. The largest absolute Gasteiger partial charge is 0.396 e. The summed E-state index contributed by atoms with van der Waals surface area (Å²) in [5, 5.41) is 9.71. The van der Waals surface area contributed by atoms with Crippen molar-refractivity contribution in [2.45, 2.75) is 6.42 Å². The third-order valence-corrected chi connectivity index (χ3v) is 2.88. The Balaban J connectivity index is 2.13. The molecule has 2 heterocycles. The smallest absolute Gasteiger partial charge is 0.147 e. The van der Waals surface area contributed by atoms with Crippen LogP contribution in [-0.4, -0.2) is 29.8 Å². The zero-order valence-corrected chi connectivity index (χ0v) is 8.61. The lowest BCUT2D eigenvalue weighted by atomic mass is 10.1. The van der Waals surface area contributed by atoms with Gasteiger partial charge < -0.3 is 10.0 Å². The van der Waals surface area contributed by atoms with Gasteiger partial charge in [-0.3, -0.25) is 0 Å². The van der Waals surface area contributed by atoms with Gasteiger partial charge in [0, 0.05) is 31.8 Å². The summed E-state index contributed by atoms with van der Waals surface area (Å²) in [5.41, 5.74) is 0. The van der Waals surface area contributed by atoms with E-state index in [1.54, 1.807) is 6.20 Å². The van der Waals surface area contributed by atoms with Crippen molar-refractivity contribution in [3.63, 3.8) is 0 Å². The summed E-state index contributed by atoms with van der Waals surface area (Å²) in [5.74, 6) is 1.21. The summed E-state index contributed by atoms with van der Waals surface area (Å²) in [4.78, 5) is 6.37. The SMILES string of the molecule is OCC1CCN(c2ncccc2Cl)C1. The Morgan fingerprint density at radius 1 is 1.64 bits per heavy atom. The Morgan fingerprint density at radius 2 is 2.50 bits per heavy atom. The van der Waals surface area contributed by atoms with Gasteiger partial charge >= 0.3 is 0 Å². The van der Waals surface area contributed by atoms with Gasteiger partial charge in [-0.05, 0) is 18.6 Å². The van der Waals surface area contributed by atoms with Crippen LogP contribution >= 0.6 is 11.6 Å². The average molecular weight is 213 g/mol. The standard InChI is InChI=1S/C10H13ClN2O/c11-9-2-1-4-12-10(9)13-5-3-8(6-13)7-14/h1-2,4,8,14H,3,5-7H2. The van der Waals surface area contributed by atoms with Gasteiger partial charge in [-0.25, -0.2) is 4.98 Å². The minimum Gasteiger partial charge on any atom is -0.396 e. The van der Waals surface area contributed by atoms with Crippen LogP contribution in [0.15, 0.2) is 18.3 Å². The van der Waals surface area contributed by atoms with Gasteiger partial charge in [0.05, 0.1) is 5.02 Å². The van der Waals surface area contributed by atoms with Crippen LogP contribution in [-0.2, 0) is 0 Å². The number of nitrogens with zero attached hydrogens (tertiary/aromatic N) is 2. The second kappa shape index (κ2) is 4.15. The van der Waals surface area contributed by atoms with Crippen LogP contribution in [0.5, 0.6) is 0 Å². The Labute approximate surface area is 88.3 Å². The van der Waals surface area contributed by atoms with Gasteiger partial charge in [0.1, 0.15) is 5.82 Å². The molecule has 1 aromatic heterocycles. The molecule has 1 unspecified atom stereocenters. The number of anilines is 1. The van der Waals surface area contributed by atoms with E-state index < -0.39 is 0 Å². The van der Waals surface area contributed by atoms with Gasteiger partial charge in [-0.15, -0.1) is 0 Å². The summed E-state index contributed by atoms with van der Waals surface area (Å²) in [6.45, 7) is 2.04. The molecule has 1 fully saturated rings. The first-order valence-corrected chi connectivity index (χ1v) is 5.15. The van der Waals surface area contributed by atoms with E-state index in [1.807, 2.05) is 12.1 Å². The van der Waals surface area contributed by atoms with E-state index in [4.69, 9.17) is 16.7 Å². The molecule has 1 aliphatic heterocycles. The van der Waals surface area contributed by atoms with E-state index in [-0.39, 0.29) is 6.61 Å². The van der Waals surface area contributed by atoms with Crippen molar-refractivity contribution in [3.05, 3.63) is 23.4 Å². The maximum atomic E-state index is 9.02. The zero-order valence-electron chi connectivity index (χ0n) is 7.86. The number of aliphatic hydroxyl groups excluding tert-OH is 1. The molecule has 0 aliphatic carbocycles. The molecule has 1 aromatic rings. The second-order valence-electron chi connectivity index (χ2n) is 3.59. The van der Waals surface area contributed by atoms with Crippen molar-refractivity contribution in [2.24, 2.45) is 5.92 Å². The molecule has 14 heavy (non-hydrogen) atoms. The summed E-state index contributed by atoms with van der Waals surface area (Å²) in [7, 11) is 0. The van der Waals surface area contributed by atoms with Crippen molar-refractivity contribution in [1.29, 1.82) is 0 Å². The van der Waals surface area contributed by atoms with Crippen LogP contribution in [0.1, 0.15) is 6.42 Å². The van der Waals surface area contributed by atoms with E-state index in [2.05, 4.69) is 9.88 Å². The molecular formula is C10H13ClN2O. The topological polar surface area (TPSA) is 36.4 Å². The Morgan fingerprint density at radius 3 is 3.14 bits per heavy atom. The van der Waals surface area contributed by atoms with E-state index in [0.29, 0.717) is 10.9 Å². The molecule has 4 heteroatoms. The molecule has 1 saturated heterocycles. The molecule has 3 nitrogen and oxygen atoms in total. The lowest BCUT2D eigenvalue weighted by molar-refractivity contribution is 0.238.